The summed E-state index contributed by atoms with van der Waals surface area (Å²) in [7, 11) is 0. The molecule has 0 spiro atoms. The highest BCUT2D eigenvalue weighted by Gasteiger charge is 2.44. The molecule has 2 amide bonds. The van der Waals surface area contributed by atoms with Crippen LogP contribution in [0.25, 0.3) is 33.5 Å². The highest BCUT2D eigenvalue weighted by molar-refractivity contribution is 6.08. The van der Waals surface area contributed by atoms with E-state index in [4.69, 9.17) is 0 Å². The Kier molecular flexibility index (Phi) is 4.89. The Balaban J connectivity index is 1.06. The quantitative estimate of drug-likeness (QED) is 0.395. The zero-order valence-electron chi connectivity index (χ0n) is 20.4. The van der Waals surface area contributed by atoms with Gasteiger partial charge in [-0.25, -0.2) is 9.97 Å². The molecule has 2 atom stereocenters. The molecule has 0 aliphatic carbocycles. The summed E-state index contributed by atoms with van der Waals surface area (Å²) in [5.41, 5.74) is 5.51. The molecule has 2 fully saturated rings. The van der Waals surface area contributed by atoms with Crippen LogP contribution >= 0.6 is 0 Å². The predicted octanol–water partition coefficient (Wildman–Crippen LogP) is 4.26. The summed E-state index contributed by atoms with van der Waals surface area (Å²) in [6.07, 6.45) is 0. The van der Waals surface area contributed by atoms with Crippen LogP contribution in [0, 0.1) is 18.8 Å². The van der Waals surface area contributed by atoms with Crippen molar-refractivity contribution in [3.05, 3.63) is 83.7 Å². The number of carbonyl (C=O) groups excluding carboxylic acids is 2. The first-order valence-electron chi connectivity index (χ1n) is 12.6. The number of hydrogen-bond donors (Lipinski definition) is 2. The van der Waals surface area contributed by atoms with Crippen LogP contribution < -0.4 is 0 Å². The monoisotopic (exact) mass is 490 g/mol. The molecular formula is C29H26N6O2. The largest absolute Gasteiger partial charge is 0.358 e. The molecule has 8 nitrogen and oxygen atoms in total. The fourth-order valence-electron chi connectivity index (χ4n) is 5.96. The molecule has 3 aromatic heterocycles. The highest BCUT2D eigenvalue weighted by atomic mass is 16.2. The minimum atomic E-state index is -0.0716. The van der Waals surface area contributed by atoms with E-state index >= 15 is 0 Å². The maximum atomic E-state index is 13.5. The van der Waals surface area contributed by atoms with Crippen molar-refractivity contribution in [1.82, 2.24) is 29.7 Å². The van der Waals surface area contributed by atoms with E-state index in [-0.39, 0.29) is 23.7 Å². The second-order valence-electron chi connectivity index (χ2n) is 10.1. The number of amides is 2. The summed E-state index contributed by atoms with van der Waals surface area (Å²) in [6.45, 7) is 4.56. The van der Waals surface area contributed by atoms with Crippen molar-refractivity contribution in [2.24, 2.45) is 11.8 Å². The first-order valence-corrected chi connectivity index (χ1v) is 12.6. The van der Waals surface area contributed by atoms with E-state index in [0.29, 0.717) is 43.4 Å². The molecule has 2 saturated heterocycles. The van der Waals surface area contributed by atoms with Crippen LogP contribution in [-0.4, -0.2) is 67.7 Å². The molecule has 5 aromatic rings. The molecule has 2 aliphatic heterocycles. The topological polar surface area (TPSA) is 98.0 Å². The van der Waals surface area contributed by atoms with E-state index in [0.717, 1.165) is 33.2 Å². The van der Waals surface area contributed by atoms with Crippen LogP contribution in [0.3, 0.4) is 0 Å². The molecule has 0 bridgehead atoms. The van der Waals surface area contributed by atoms with E-state index in [1.165, 1.54) is 0 Å². The standard InChI is InChI=1S/C29H26N6O2/c1-17-26(20-7-2-3-8-21(20)30-17)29(37)35-15-18-13-34(14-19(18)16-35)28(36)25-12-6-11-24(31-25)27-32-22-9-4-5-10-23(22)33-27/h2-12,18-19,30H,13-16H2,1H3,(H,32,33). The number of aromatic amines is 2. The van der Waals surface area contributed by atoms with Gasteiger partial charge in [0, 0.05) is 54.6 Å². The normalized spacial score (nSPS) is 19.2. The minimum absolute atomic E-state index is 0.0716. The number of likely N-dealkylation sites (tertiary alicyclic amines) is 2. The van der Waals surface area contributed by atoms with E-state index in [1.54, 1.807) is 6.07 Å². The molecule has 0 saturated carbocycles. The van der Waals surface area contributed by atoms with Gasteiger partial charge in [-0.3, -0.25) is 9.59 Å². The zero-order chi connectivity index (χ0) is 25.1. The molecule has 2 aliphatic rings. The molecule has 0 radical (unpaired) electrons. The van der Waals surface area contributed by atoms with Crippen molar-refractivity contribution >= 4 is 33.8 Å². The minimum Gasteiger partial charge on any atom is -0.358 e. The number of carbonyl (C=O) groups is 2. The van der Waals surface area contributed by atoms with Crippen LogP contribution in [0.1, 0.15) is 26.5 Å². The van der Waals surface area contributed by atoms with Crippen LogP contribution in [0.4, 0.5) is 0 Å². The lowest BCUT2D eigenvalue weighted by Gasteiger charge is -2.22. The van der Waals surface area contributed by atoms with Gasteiger partial charge in [-0.05, 0) is 37.3 Å². The molecule has 5 heterocycles. The average molecular weight is 491 g/mol. The molecule has 37 heavy (non-hydrogen) atoms. The number of H-pyrrole nitrogens is 2. The summed E-state index contributed by atoms with van der Waals surface area (Å²) in [5, 5.41) is 0.967. The number of nitrogens with one attached hydrogen (secondary N) is 2. The number of benzene rings is 2. The Morgan fingerprint density at radius 1 is 0.757 bits per heavy atom. The van der Waals surface area contributed by atoms with Gasteiger partial charge < -0.3 is 19.8 Å². The highest BCUT2D eigenvalue weighted by Crippen LogP contribution is 2.34. The van der Waals surface area contributed by atoms with Gasteiger partial charge >= 0.3 is 0 Å². The van der Waals surface area contributed by atoms with Crippen molar-refractivity contribution in [1.29, 1.82) is 0 Å². The smallest absolute Gasteiger partial charge is 0.272 e. The third kappa shape index (κ3) is 3.59. The fourth-order valence-corrected chi connectivity index (χ4v) is 5.96. The lowest BCUT2D eigenvalue weighted by atomic mass is 10.0. The average Bonchev–Trinajstić information content (AvgIpc) is 3.68. The number of para-hydroxylation sites is 3. The van der Waals surface area contributed by atoms with Crippen molar-refractivity contribution in [2.75, 3.05) is 26.2 Å². The Labute approximate surface area is 213 Å². The SMILES string of the molecule is Cc1[nH]c2ccccc2c1C(=O)N1CC2CN(C(=O)c3cccc(-c4nc5ccccc5[nH]4)n3)CC2C1. The van der Waals surface area contributed by atoms with Crippen LogP contribution in [-0.2, 0) is 0 Å². The van der Waals surface area contributed by atoms with Crippen molar-refractivity contribution in [2.45, 2.75) is 6.92 Å². The van der Waals surface area contributed by atoms with Gasteiger partial charge in [-0.1, -0.05) is 36.4 Å². The number of nitrogens with zero attached hydrogens (tertiary/aromatic N) is 4. The summed E-state index contributed by atoms with van der Waals surface area (Å²) in [5.74, 6) is 1.20. The van der Waals surface area contributed by atoms with Crippen LogP contribution in [0.15, 0.2) is 66.7 Å². The van der Waals surface area contributed by atoms with Crippen LogP contribution in [0.5, 0.6) is 0 Å². The summed E-state index contributed by atoms with van der Waals surface area (Å²) in [4.78, 5) is 46.5. The molecule has 2 aromatic carbocycles. The molecular weight excluding hydrogens is 464 g/mol. The predicted molar refractivity (Wildman–Crippen MR) is 141 cm³/mol. The molecule has 7 rings (SSSR count). The summed E-state index contributed by atoms with van der Waals surface area (Å²) in [6, 6.07) is 21.2. The maximum absolute atomic E-state index is 13.5. The van der Waals surface area contributed by atoms with E-state index < -0.39 is 0 Å². The lowest BCUT2D eigenvalue weighted by molar-refractivity contribution is 0.0736. The molecule has 2 N–H and O–H groups in total. The van der Waals surface area contributed by atoms with Crippen molar-refractivity contribution in [3.8, 4) is 11.5 Å². The van der Waals surface area contributed by atoms with Crippen LogP contribution in [0.2, 0.25) is 0 Å². The first kappa shape index (κ1) is 21.8. The van der Waals surface area contributed by atoms with Gasteiger partial charge in [0.25, 0.3) is 11.8 Å². The third-order valence-corrected chi connectivity index (χ3v) is 7.77. The van der Waals surface area contributed by atoms with Gasteiger partial charge in [0.05, 0.1) is 16.6 Å². The summed E-state index contributed by atoms with van der Waals surface area (Å²) >= 11 is 0. The number of rotatable bonds is 3. The van der Waals surface area contributed by atoms with E-state index in [2.05, 4.69) is 19.9 Å². The summed E-state index contributed by atoms with van der Waals surface area (Å²) < 4.78 is 0. The fraction of sp³-hybridized carbons (Fsp3) is 0.241. The van der Waals surface area contributed by atoms with Gasteiger partial charge in [0.15, 0.2) is 5.82 Å². The second kappa shape index (κ2) is 8.30. The van der Waals surface area contributed by atoms with Gasteiger partial charge in [-0.2, -0.15) is 0 Å². The number of aryl methyl sites for hydroxylation is 1. The van der Waals surface area contributed by atoms with Crippen molar-refractivity contribution < 1.29 is 9.59 Å². The first-order chi connectivity index (χ1) is 18.0. The number of pyridine rings is 1. The zero-order valence-corrected chi connectivity index (χ0v) is 20.4. The van der Waals surface area contributed by atoms with Gasteiger partial charge in [-0.15, -0.1) is 0 Å². The third-order valence-electron chi connectivity index (χ3n) is 7.77. The number of imidazole rings is 1. The Hall–Kier alpha value is -4.46. The molecule has 184 valence electrons. The van der Waals surface area contributed by atoms with E-state index in [9.17, 15) is 9.59 Å². The Bertz CT molecular complexity index is 1640. The molecule has 8 heteroatoms. The lowest BCUT2D eigenvalue weighted by Crippen LogP contribution is -2.36. The van der Waals surface area contributed by atoms with Gasteiger partial charge in [0.1, 0.15) is 11.4 Å². The number of aromatic nitrogens is 4. The maximum Gasteiger partial charge on any atom is 0.272 e. The Morgan fingerprint density at radius 3 is 2.19 bits per heavy atom. The van der Waals surface area contributed by atoms with E-state index in [1.807, 2.05) is 77.4 Å². The number of fused-ring (bicyclic) bond motifs is 3. The van der Waals surface area contributed by atoms with Crippen molar-refractivity contribution in [3.63, 3.8) is 0 Å². The Morgan fingerprint density at radius 2 is 1.43 bits per heavy atom. The van der Waals surface area contributed by atoms with Gasteiger partial charge in [0.2, 0.25) is 0 Å². The molecule has 2 unspecified atom stereocenters. The number of hydrogen-bond acceptors (Lipinski definition) is 4. The second-order valence-corrected chi connectivity index (χ2v) is 10.1.